The van der Waals surface area contributed by atoms with E-state index in [1.54, 1.807) is 72.4 Å². The monoisotopic (exact) mass is 679 g/mol. The van der Waals surface area contributed by atoms with Gasteiger partial charge in [-0.1, -0.05) is 56.9 Å². The molecule has 1 amide bonds. The number of aromatic nitrogens is 3. The molecule has 0 spiro atoms. The van der Waals surface area contributed by atoms with Gasteiger partial charge in [-0.05, 0) is 51.6 Å². The summed E-state index contributed by atoms with van der Waals surface area (Å²) in [6.07, 6.45) is 0.107. The maximum absolute atomic E-state index is 16.1. The zero-order valence-electron chi connectivity index (χ0n) is 29.8. The van der Waals surface area contributed by atoms with Crippen molar-refractivity contribution in [2.75, 3.05) is 19.4 Å². The van der Waals surface area contributed by atoms with E-state index in [1.807, 2.05) is 12.1 Å². The number of esters is 1. The average molecular weight is 680 g/mol. The summed E-state index contributed by atoms with van der Waals surface area (Å²) in [5.41, 5.74) is 2.32. The van der Waals surface area contributed by atoms with Gasteiger partial charge in [0.25, 0.3) is 5.67 Å². The van der Waals surface area contributed by atoms with Gasteiger partial charge in [0.15, 0.2) is 11.4 Å². The lowest BCUT2D eigenvalue weighted by Gasteiger charge is -2.43. The molecule has 0 saturated carbocycles. The topological polar surface area (TPSA) is 156 Å². The van der Waals surface area contributed by atoms with Crippen LogP contribution in [-0.4, -0.2) is 94.0 Å². The number of nitrogen functional groups attached to an aromatic ring is 1. The van der Waals surface area contributed by atoms with E-state index < -0.39 is 70.4 Å². The minimum absolute atomic E-state index is 0.113. The second kappa shape index (κ2) is 14.3. The normalized spacial score (nSPS) is 34.3. The Bertz CT molecular complexity index is 1660. The fraction of sp³-hybridized carbons (Fsp3) is 0.600. The maximum atomic E-state index is 16.1. The highest BCUT2D eigenvalue weighted by atomic mass is 19.1. The molecule has 0 aliphatic carbocycles. The first kappa shape index (κ1) is 37.6. The molecule has 0 bridgehead atoms. The Balaban J connectivity index is 1.68. The van der Waals surface area contributed by atoms with E-state index in [2.05, 4.69) is 22.2 Å². The molecule has 0 unspecified atom stereocenters. The van der Waals surface area contributed by atoms with Gasteiger partial charge in [0.2, 0.25) is 0 Å². The predicted octanol–water partition coefficient (Wildman–Crippen LogP) is 3.44. The zero-order valence-corrected chi connectivity index (χ0v) is 29.8. The fourth-order valence-corrected chi connectivity index (χ4v) is 7.30. The largest absolute Gasteiger partial charge is 0.455 e. The third kappa shape index (κ3) is 7.22. The van der Waals surface area contributed by atoms with Gasteiger partial charge in [-0.25, -0.2) is 18.7 Å². The number of nitrogens with two attached hydrogens (primary N) is 1. The molecule has 2 aliphatic heterocycles. The summed E-state index contributed by atoms with van der Waals surface area (Å²) in [5.74, 6) is 0.552. The number of benzene rings is 1. The molecule has 9 atom stereocenters. The first-order valence-electron chi connectivity index (χ1n) is 16.7. The van der Waals surface area contributed by atoms with Crippen molar-refractivity contribution in [3.63, 3.8) is 0 Å². The fourth-order valence-electron chi connectivity index (χ4n) is 7.30. The quantitative estimate of drug-likeness (QED) is 0.163. The highest BCUT2D eigenvalue weighted by Crippen LogP contribution is 2.44. The Labute approximate surface area is 288 Å². The number of amides is 1. The highest BCUT2D eigenvalue weighted by molar-refractivity contribution is 6.17. The van der Waals surface area contributed by atoms with Crippen LogP contribution in [0.15, 0.2) is 30.5 Å². The number of carbonyl (C=O) groups excluding carboxylic acids is 4. The van der Waals surface area contributed by atoms with Crippen LogP contribution >= 0.6 is 0 Å². The smallest absolute Gasteiger partial charge is 0.411 e. The van der Waals surface area contributed by atoms with Gasteiger partial charge in [0, 0.05) is 36.1 Å². The molecule has 0 radical (unpaired) electrons. The van der Waals surface area contributed by atoms with E-state index in [1.165, 1.54) is 12.0 Å². The lowest BCUT2D eigenvalue weighted by Crippen LogP contribution is -2.59. The zero-order chi connectivity index (χ0) is 36.5. The summed E-state index contributed by atoms with van der Waals surface area (Å²) >= 11 is 0. The number of halogens is 1. The number of ether oxygens (including phenoxy) is 3. The van der Waals surface area contributed by atoms with Gasteiger partial charge in [-0.3, -0.25) is 14.5 Å². The van der Waals surface area contributed by atoms with Crippen LogP contribution in [0.1, 0.15) is 61.3 Å². The van der Waals surface area contributed by atoms with E-state index >= 15 is 4.39 Å². The van der Waals surface area contributed by atoms with E-state index in [9.17, 15) is 19.2 Å². The van der Waals surface area contributed by atoms with Crippen LogP contribution in [0.3, 0.4) is 0 Å². The molecule has 2 aliphatic rings. The molecule has 2 aromatic rings. The van der Waals surface area contributed by atoms with Gasteiger partial charge in [-0.2, -0.15) is 0 Å². The first-order valence-corrected chi connectivity index (χ1v) is 16.7. The van der Waals surface area contributed by atoms with E-state index in [4.69, 9.17) is 19.9 Å². The molecule has 2 saturated heterocycles. The van der Waals surface area contributed by atoms with Crippen LogP contribution in [0.4, 0.5) is 14.9 Å². The number of Topliss-reactive ketones (excluding diaryl/α,β-unsaturated/α-hetero) is 2. The second-order valence-electron chi connectivity index (χ2n) is 14.0. The summed E-state index contributed by atoms with van der Waals surface area (Å²) in [6.45, 7) is 11.0. The van der Waals surface area contributed by atoms with E-state index in [-0.39, 0.29) is 31.7 Å². The number of alkyl halides is 1. The number of hydrogen-bond acceptors (Lipinski definition) is 10. The van der Waals surface area contributed by atoms with Crippen molar-refractivity contribution in [2.45, 2.75) is 103 Å². The van der Waals surface area contributed by atoms with Gasteiger partial charge in [0.05, 0.1) is 24.4 Å². The first-order chi connectivity index (χ1) is 22.9. The van der Waals surface area contributed by atoms with Gasteiger partial charge < -0.3 is 19.9 Å². The number of nitrogens with zero attached hydrogens (tertiary/aromatic N) is 4. The number of hydrogen-bond donors (Lipinski definition) is 1. The number of anilines is 1. The summed E-state index contributed by atoms with van der Waals surface area (Å²) in [6, 6.07) is 6.30. The number of ketones is 2. The second-order valence-corrected chi connectivity index (χ2v) is 14.0. The van der Waals surface area contributed by atoms with Crippen molar-refractivity contribution in [1.82, 2.24) is 19.9 Å². The molecule has 2 fully saturated rings. The molecule has 49 heavy (non-hydrogen) atoms. The van der Waals surface area contributed by atoms with Gasteiger partial charge >= 0.3 is 12.1 Å². The van der Waals surface area contributed by atoms with Gasteiger partial charge in [-0.15, -0.1) is 5.10 Å². The Hall–Kier alpha value is -4.25. The van der Waals surface area contributed by atoms with Crippen LogP contribution in [0.2, 0.25) is 5.82 Å². The van der Waals surface area contributed by atoms with Crippen molar-refractivity contribution in [3.05, 3.63) is 30.5 Å². The lowest BCUT2D eigenvalue weighted by atomic mass is 9.61. The number of methoxy groups -OCH3 is 1. The summed E-state index contributed by atoms with van der Waals surface area (Å²) in [5, 5.41) is 8.30. The third-order valence-electron chi connectivity index (χ3n) is 10.6. The van der Waals surface area contributed by atoms with Crippen LogP contribution in [0.25, 0.3) is 11.3 Å². The Morgan fingerprint density at radius 1 is 1.10 bits per heavy atom. The van der Waals surface area contributed by atoms with Gasteiger partial charge in [0.1, 0.15) is 32.0 Å². The van der Waals surface area contributed by atoms with Crippen molar-refractivity contribution >= 4 is 37.2 Å². The molecule has 1 aromatic heterocycles. The number of fused-ring (bicyclic) bond motifs is 1. The standard InChI is InChI=1S/C35H47BFN5O7/c1-9-26-35(7)29(42(32(46)49-35)16-11-10-15-41-19-25(39-40-41)23-13-12-14-24(38)17-23)21(3)27(43)20(2)18-33(5,47-8)28(36)22(4)30(44)34(6,37)31(45)48-26/h12-14,17,19-22,26,28-29H,9,15-16,18,36,38H2,1-8H3/t20-,21+,22-,26-,28-,29-,33-,34+,35-/m1/s1. The maximum Gasteiger partial charge on any atom is 0.411 e. The molecular formula is C35H47BFN5O7. The SMILES string of the molecule is B[C@@H]1[C@@H](C)C(=O)[C@](C)(F)C(=O)O[C@H](CC)[C@@]2(C)OC(=O)N(CC#CCn3cc(-c4cccc(N)c4)nn3)[C@@H]2[C@@H](C)C(=O)[C@H](C)C[C@@]1(C)OC. The summed E-state index contributed by atoms with van der Waals surface area (Å²) < 4.78 is 35.2. The average Bonchev–Trinajstić information content (AvgIpc) is 3.64. The minimum atomic E-state index is -2.99. The Kier molecular flexibility index (Phi) is 11.0. The lowest BCUT2D eigenvalue weighted by molar-refractivity contribution is -0.180. The Morgan fingerprint density at radius 3 is 2.41 bits per heavy atom. The minimum Gasteiger partial charge on any atom is -0.455 e. The summed E-state index contributed by atoms with van der Waals surface area (Å²) in [7, 11) is 3.22. The van der Waals surface area contributed by atoms with Crippen LogP contribution < -0.4 is 5.73 Å². The molecule has 3 heterocycles. The predicted molar refractivity (Wildman–Crippen MR) is 183 cm³/mol. The van der Waals surface area contributed by atoms with Crippen LogP contribution in [0.5, 0.6) is 0 Å². The molecule has 264 valence electrons. The van der Waals surface area contributed by atoms with Crippen molar-refractivity contribution in [3.8, 4) is 23.1 Å². The number of rotatable bonds is 5. The van der Waals surface area contributed by atoms with E-state index in [0.717, 1.165) is 12.5 Å². The molecule has 2 N–H and O–H groups in total. The third-order valence-corrected chi connectivity index (χ3v) is 10.6. The number of carbonyl (C=O) groups is 4. The summed E-state index contributed by atoms with van der Waals surface area (Å²) in [4.78, 5) is 55.9. The van der Waals surface area contributed by atoms with Crippen molar-refractivity contribution in [2.24, 2.45) is 17.8 Å². The molecular weight excluding hydrogens is 632 g/mol. The number of cyclic esters (lactones) is 1. The van der Waals surface area contributed by atoms with Crippen molar-refractivity contribution < 1.29 is 37.8 Å². The molecule has 4 rings (SSSR count). The Morgan fingerprint density at radius 2 is 1.78 bits per heavy atom. The molecule has 1 aromatic carbocycles. The van der Waals surface area contributed by atoms with Crippen molar-refractivity contribution in [1.29, 1.82) is 0 Å². The molecule has 14 heteroatoms. The molecule has 12 nitrogen and oxygen atoms in total. The van der Waals surface area contributed by atoms with E-state index in [0.29, 0.717) is 11.4 Å². The van der Waals surface area contributed by atoms with Crippen LogP contribution in [0, 0.1) is 29.6 Å². The van der Waals surface area contributed by atoms with Crippen LogP contribution in [-0.2, 0) is 35.1 Å². The highest BCUT2D eigenvalue weighted by Gasteiger charge is 2.61.